The van der Waals surface area contributed by atoms with Crippen LogP contribution in [0.5, 0.6) is 17.2 Å². The average Bonchev–Trinajstić information content (AvgIpc) is 3.12. The summed E-state index contributed by atoms with van der Waals surface area (Å²) in [6.07, 6.45) is -0.197. The number of esters is 1. The summed E-state index contributed by atoms with van der Waals surface area (Å²) >= 11 is 1.60. The van der Waals surface area contributed by atoms with E-state index in [2.05, 4.69) is 9.88 Å². The molecule has 0 bridgehead atoms. The SMILES string of the molecule is COc1cccc(C(=O)OC2CN(c3nc4c(OC)cccc4s3)C2)c1OC. The van der Waals surface area contributed by atoms with Gasteiger partial charge in [0.1, 0.15) is 22.9 Å². The molecule has 0 unspecified atom stereocenters. The Morgan fingerprint density at radius 1 is 1.04 bits per heavy atom. The fourth-order valence-corrected chi connectivity index (χ4v) is 4.14. The second kappa shape index (κ2) is 7.55. The molecular weight excluding hydrogens is 380 g/mol. The summed E-state index contributed by atoms with van der Waals surface area (Å²) in [6.45, 7) is 1.19. The number of fused-ring (bicyclic) bond motifs is 1. The third-order valence-electron chi connectivity index (χ3n) is 4.61. The maximum Gasteiger partial charge on any atom is 0.342 e. The minimum absolute atomic E-state index is 0.197. The number of para-hydroxylation sites is 2. The van der Waals surface area contributed by atoms with Gasteiger partial charge in [-0.15, -0.1) is 0 Å². The summed E-state index contributed by atoms with van der Waals surface area (Å²) in [4.78, 5) is 19.3. The fraction of sp³-hybridized carbons (Fsp3) is 0.300. The summed E-state index contributed by atoms with van der Waals surface area (Å²) in [7, 11) is 4.67. The number of rotatable bonds is 6. The highest BCUT2D eigenvalue weighted by Gasteiger charge is 2.33. The summed E-state index contributed by atoms with van der Waals surface area (Å²) in [5, 5.41) is 0.894. The smallest absolute Gasteiger partial charge is 0.342 e. The van der Waals surface area contributed by atoms with Crippen LogP contribution in [0.25, 0.3) is 10.2 Å². The third kappa shape index (κ3) is 3.20. The molecule has 8 heteroatoms. The van der Waals surface area contributed by atoms with Crippen molar-refractivity contribution < 1.29 is 23.7 Å². The van der Waals surface area contributed by atoms with Crippen molar-refractivity contribution in [3.63, 3.8) is 0 Å². The molecule has 0 amide bonds. The van der Waals surface area contributed by atoms with Gasteiger partial charge in [0, 0.05) is 0 Å². The highest BCUT2D eigenvalue weighted by atomic mass is 32.1. The fourth-order valence-electron chi connectivity index (χ4n) is 3.14. The minimum atomic E-state index is -0.425. The van der Waals surface area contributed by atoms with Gasteiger partial charge in [-0.3, -0.25) is 0 Å². The molecule has 7 nitrogen and oxygen atoms in total. The Morgan fingerprint density at radius 3 is 2.46 bits per heavy atom. The predicted octanol–water partition coefficient (Wildman–Crippen LogP) is 3.37. The Morgan fingerprint density at radius 2 is 1.75 bits per heavy atom. The monoisotopic (exact) mass is 400 g/mol. The maximum absolute atomic E-state index is 12.6. The number of nitrogens with zero attached hydrogens (tertiary/aromatic N) is 2. The Labute approximate surface area is 166 Å². The lowest BCUT2D eigenvalue weighted by atomic mass is 10.1. The van der Waals surface area contributed by atoms with Crippen molar-refractivity contribution in [1.29, 1.82) is 0 Å². The van der Waals surface area contributed by atoms with Gasteiger partial charge >= 0.3 is 5.97 Å². The molecule has 0 spiro atoms. The van der Waals surface area contributed by atoms with Crippen molar-refractivity contribution in [1.82, 2.24) is 4.98 Å². The molecule has 1 aliphatic heterocycles. The molecule has 146 valence electrons. The molecule has 3 aromatic rings. The first-order valence-electron chi connectivity index (χ1n) is 8.75. The quantitative estimate of drug-likeness (QED) is 0.588. The number of hydrogen-bond acceptors (Lipinski definition) is 8. The second-order valence-corrected chi connectivity index (χ2v) is 7.29. The molecule has 0 saturated carbocycles. The van der Waals surface area contributed by atoms with Crippen molar-refractivity contribution in [3.05, 3.63) is 42.0 Å². The Kier molecular flexibility index (Phi) is 4.95. The number of aromatic nitrogens is 1. The van der Waals surface area contributed by atoms with Gasteiger partial charge in [-0.25, -0.2) is 9.78 Å². The average molecular weight is 400 g/mol. The largest absolute Gasteiger partial charge is 0.494 e. The number of thiazole rings is 1. The van der Waals surface area contributed by atoms with Crippen LogP contribution in [0.15, 0.2) is 36.4 Å². The third-order valence-corrected chi connectivity index (χ3v) is 5.69. The Hall–Kier alpha value is -3.00. The molecule has 28 heavy (non-hydrogen) atoms. The van der Waals surface area contributed by atoms with Crippen LogP contribution in [-0.2, 0) is 4.74 Å². The molecule has 1 fully saturated rings. The van der Waals surface area contributed by atoms with E-state index in [-0.39, 0.29) is 6.10 Å². The van der Waals surface area contributed by atoms with E-state index in [0.717, 1.165) is 21.1 Å². The summed E-state index contributed by atoms with van der Waals surface area (Å²) < 4.78 is 22.6. The van der Waals surface area contributed by atoms with E-state index in [4.69, 9.17) is 18.9 Å². The summed E-state index contributed by atoms with van der Waals surface area (Å²) in [6, 6.07) is 11.0. The van der Waals surface area contributed by atoms with Gasteiger partial charge in [0.05, 0.1) is 39.1 Å². The molecule has 1 saturated heterocycles. The normalized spacial score (nSPS) is 13.9. The Balaban J connectivity index is 1.43. The maximum atomic E-state index is 12.6. The molecule has 0 atom stereocenters. The van der Waals surface area contributed by atoms with E-state index in [0.29, 0.717) is 30.2 Å². The highest BCUT2D eigenvalue weighted by molar-refractivity contribution is 7.22. The van der Waals surface area contributed by atoms with Gasteiger partial charge in [0.2, 0.25) is 0 Å². The number of ether oxygens (including phenoxy) is 4. The van der Waals surface area contributed by atoms with Crippen LogP contribution >= 0.6 is 11.3 Å². The zero-order valence-electron chi connectivity index (χ0n) is 15.8. The lowest BCUT2D eigenvalue weighted by Crippen LogP contribution is -2.53. The van der Waals surface area contributed by atoms with Crippen molar-refractivity contribution in [2.75, 3.05) is 39.3 Å². The van der Waals surface area contributed by atoms with E-state index in [1.165, 1.54) is 14.2 Å². The molecule has 2 aromatic carbocycles. The lowest BCUT2D eigenvalue weighted by molar-refractivity contribution is 0.0230. The van der Waals surface area contributed by atoms with Crippen molar-refractivity contribution in [2.24, 2.45) is 0 Å². The van der Waals surface area contributed by atoms with Gasteiger partial charge in [-0.2, -0.15) is 0 Å². The molecule has 1 aromatic heterocycles. The highest BCUT2D eigenvalue weighted by Crippen LogP contribution is 2.36. The van der Waals surface area contributed by atoms with Crippen LogP contribution < -0.4 is 19.1 Å². The number of methoxy groups -OCH3 is 3. The number of hydrogen-bond donors (Lipinski definition) is 0. The molecule has 4 rings (SSSR count). The first-order chi connectivity index (χ1) is 13.6. The number of benzene rings is 2. The second-order valence-electron chi connectivity index (χ2n) is 6.28. The molecule has 0 radical (unpaired) electrons. The number of carbonyl (C=O) groups is 1. The van der Waals surface area contributed by atoms with E-state index >= 15 is 0 Å². The van der Waals surface area contributed by atoms with Gasteiger partial charge in [0.25, 0.3) is 0 Å². The molecule has 0 aliphatic carbocycles. The standard InChI is InChI=1S/C20H20N2O5S/c1-24-14-7-5-9-16-17(14)21-20(28-16)22-10-12(11-22)27-19(23)13-6-4-8-15(25-2)18(13)26-3/h4-9,12H,10-11H2,1-3H3. The van der Waals surface area contributed by atoms with Gasteiger partial charge < -0.3 is 23.8 Å². The topological polar surface area (TPSA) is 70.1 Å². The zero-order valence-corrected chi connectivity index (χ0v) is 16.6. The first kappa shape index (κ1) is 18.4. The lowest BCUT2D eigenvalue weighted by Gasteiger charge is -2.38. The first-order valence-corrected chi connectivity index (χ1v) is 9.56. The van der Waals surface area contributed by atoms with Crippen molar-refractivity contribution in [2.45, 2.75) is 6.10 Å². The zero-order chi connectivity index (χ0) is 19.7. The predicted molar refractivity (Wildman–Crippen MR) is 107 cm³/mol. The van der Waals surface area contributed by atoms with Gasteiger partial charge in [-0.1, -0.05) is 23.5 Å². The van der Waals surface area contributed by atoms with Crippen LogP contribution in [0.3, 0.4) is 0 Å². The van der Waals surface area contributed by atoms with Crippen LogP contribution in [0.1, 0.15) is 10.4 Å². The van der Waals surface area contributed by atoms with Crippen LogP contribution in [0.2, 0.25) is 0 Å². The summed E-state index contributed by atoms with van der Waals surface area (Å²) in [5.41, 5.74) is 1.21. The van der Waals surface area contributed by atoms with E-state index in [1.807, 2.05) is 18.2 Å². The van der Waals surface area contributed by atoms with Crippen LogP contribution in [0.4, 0.5) is 5.13 Å². The van der Waals surface area contributed by atoms with Crippen LogP contribution in [0, 0.1) is 0 Å². The number of carbonyl (C=O) groups excluding carboxylic acids is 1. The van der Waals surface area contributed by atoms with Gasteiger partial charge in [0.15, 0.2) is 16.6 Å². The molecule has 0 N–H and O–H groups in total. The Bertz CT molecular complexity index is 1010. The molecular formula is C20H20N2O5S. The van der Waals surface area contributed by atoms with Crippen LogP contribution in [-0.4, -0.2) is 51.5 Å². The van der Waals surface area contributed by atoms with E-state index < -0.39 is 5.97 Å². The van der Waals surface area contributed by atoms with Crippen molar-refractivity contribution in [3.8, 4) is 17.2 Å². The number of anilines is 1. The van der Waals surface area contributed by atoms with Crippen molar-refractivity contribution >= 4 is 32.7 Å². The van der Waals surface area contributed by atoms with Gasteiger partial charge in [-0.05, 0) is 24.3 Å². The summed E-state index contributed by atoms with van der Waals surface area (Å²) in [5.74, 6) is 1.21. The molecule has 1 aliphatic rings. The van der Waals surface area contributed by atoms with E-state index in [1.54, 1.807) is 36.6 Å². The minimum Gasteiger partial charge on any atom is -0.494 e. The van der Waals surface area contributed by atoms with E-state index in [9.17, 15) is 4.79 Å². The molecule has 2 heterocycles.